The monoisotopic (exact) mass is 292 g/mol. The number of carbonyl (C=O) groups is 1. The molecule has 0 spiro atoms. The summed E-state index contributed by atoms with van der Waals surface area (Å²) in [5, 5.41) is 0. The van der Waals surface area contributed by atoms with Crippen molar-refractivity contribution >= 4 is 5.91 Å². The third-order valence-corrected chi connectivity index (χ3v) is 4.23. The molecule has 3 nitrogen and oxygen atoms in total. The van der Waals surface area contributed by atoms with Gasteiger partial charge in [0.2, 0.25) is 5.91 Å². The summed E-state index contributed by atoms with van der Waals surface area (Å²) in [5.74, 6) is -6.07. The van der Waals surface area contributed by atoms with Crippen LogP contribution in [0.2, 0.25) is 0 Å². The predicted octanol–water partition coefficient (Wildman–Crippen LogP) is 2.65. The lowest BCUT2D eigenvalue weighted by atomic mass is 9.78. The standard InChI is InChI=1S/C13H16F4N2O/c1-7-13(16,17)5-6-19(7)11(20)12(2)4-3-8(14)9(15)10(12)18/h3,7H,4-6,18H2,1-2H3. The maximum Gasteiger partial charge on any atom is 0.269 e. The van der Waals surface area contributed by atoms with Crippen LogP contribution in [0.15, 0.2) is 23.4 Å². The number of nitrogens with zero attached hydrogens (tertiary/aromatic N) is 1. The highest BCUT2D eigenvalue weighted by Gasteiger charge is 2.52. The van der Waals surface area contributed by atoms with Gasteiger partial charge >= 0.3 is 0 Å². The SMILES string of the molecule is CC1N(C(=O)C2(C)CC=C(F)C(F)=C2N)CCC1(F)F. The third kappa shape index (κ3) is 1.99. The van der Waals surface area contributed by atoms with Crippen LogP contribution in [0.4, 0.5) is 17.6 Å². The molecule has 1 saturated heterocycles. The van der Waals surface area contributed by atoms with Crippen molar-refractivity contribution in [3.63, 3.8) is 0 Å². The Balaban J connectivity index is 2.31. The Hall–Kier alpha value is -1.53. The van der Waals surface area contributed by atoms with Crippen molar-refractivity contribution in [2.24, 2.45) is 11.1 Å². The Morgan fingerprint density at radius 2 is 2.05 bits per heavy atom. The lowest BCUT2D eigenvalue weighted by molar-refractivity contribution is -0.143. The molecular weight excluding hydrogens is 276 g/mol. The first kappa shape index (κ1) is 14.9. The van der Waals surface area contributed by atoms with Gasteiger partial charge in [0.15, 0.2) is 11.7 Å². The molecule has 0 saturated carbocycles. The van der Waals surface area contributed by atoms with E-state index in [2.05, 4.69) is 0 Å². The summed E-state index contributed by atoms with van der Waals surface area (Å²) in [5.41, 5.74) is 3.46. The maximum atomic E-state index is 13.6. The summed E-state index contributed by atoms with van der Waals surface area (Å²) in [6.07, 6.45) is 0.334. The van der Waals surface area contributed by atoms with Crippen molar-refractivity contribution in [3.8, 4) is 0 Å². The molecule has 0 radical (unpaired) electrons. The van der Waals surface area contributed by atoms with Crippen LogP contribution in [0.3, 0.4) is 0 Å². The fourth-order valence-electron chi connectivity index (χ4n) is 2.56. The van der Waals surface area contributed by atoms with Crippen molar-refractivity contribution in [3.05, 3.63) is 23.4 Å². The van der Waals surface area contributed by atoms with Gasteiger partial charge in [-0.3, -0.25) is 4.79 Å². The highest BCUT2D eigenvalue weighted by molar-refractivity contribution is 5.87. The normalized spacial score (nSPS) is 33.4. The molecule has 2 unspecified atom stereocenters. The molecule has 0 aromatic heterocycles. The number of nitrogens with two attached hydrogens (primary N) is 1. The van der Waals surface area contributed by atoms with Crippen LogP contribution in [0.5, 0.6) is 0 Å². The molecule has 1 aliphatic heterocycles. The van der Waals surface area contributed by atoms with Crippen LogP contribution in [-0.2, 0) is 4.79 Å². The van der Waals surface area contributed by atoms with Crippen molar-refractivity contribution in [2.45, 2.75) is 38.7 Å². The number of likely N-dealkylation sites (tertiary alicyclic amines) is 1. The van der Waals surface area contributed by atoms with Gasteiger partial charge in [-0.15, -0.1) is 0 Å². The largest absolute Gasteiger partial charge is 0.399 e. The van der Waals surface area contributed by atoms with Crippen LogP contribution in [0.25, 0.3) is 0 Å². The molecule has 0 bridgehead atoms. The van der Waals surface area contributed by atoms with Crippen LogP contribution in [0.1, 0.15) is 26.7 Å². The van der Waals surface area contributed by atoms with Crippen LogP contribution in [-0.4, -0.2) is 29.3 Å². The molecule has 2 N–H and O–H groups in total. The molecule has 1 amide bonds. The lowest BCUT2D eigenvalue weighted by Crippen LogP contribution is -2.49. The summed E-state index contributed by atoms with van der Waals surface area (Å²) in [4.78, 5) is 13.4. The number of hydrogen-bond acceptors (Lipinski definition) is 2. The second-order valence-electron chi connectivity index (χ2n) is 5.50. The molecule has 1 heterocycles. The molecule has 2 aliphatic rings. The second-order valence-corrected chi connectivity index (χ2v) is 5.50. The van der Waals surface area contributed by atoms with E-state index in [4.69, 9.17) is 5.73 Å². The first-order chi connectivity index (χ1) is 9.11. The van der Waals surface area contributed by atoms with E-state index in [1.54, 1.807) is 0 Å². The van der Waals surface area contributed by atoms with Gasteiger partial charge in [-0.1, -0.05) is 0 Å². The molecule has 1 aliphatic carbocycles. The van der Waals surface area contributed by atoms with E-state index in [1.165, 1.54) is 13.8 Å². The first-order valence-electron chi connectivity index (χ1n) is 6.32. The summed E-state index contributed by atoms with van der Waals surface area (Å²) in [7, 11) is 0. The molecule has 0 aromatic rings. The van der Waals surface area contributed by atoms with E-state index in [1.807, 2.05) is 0 Å². The minimum atomic E-state index is -2.97. The van der Waals surface area contributed by atoms with Crippen LogP contribution >= 0.6 is 0 Å². The van der Waals surface area contributed by atoms with E-state index in [0.29, 0.717) is 0 Å². The zero-order valence-electron chi connectivity index (χ0n) is 11.2. The van der Waals surface area contributed by atoms with Crippen molar-refractivity contribution in [2.75, 3.05) is 6.54 Å². The number of hydrogen-bond donors (Lipinski definition) is 1. The van der Waals surface area contributed by atoms with Crippen molar-refractivity contribution in [1.82, 2.24) is 4.90 Å². The van der Waals surface area contributed by atoms with Gasteiger partial charge in [0.1, 0.15) is 0 Å². The van der Waals surface area contributed by atoms with Gasteiger partial charge in [0.05, 0.1) is 17.2 Å². The van der Waals surface area contributed by atoms with E-state index in [0.717, 1.165) is 11.0 Å². The Kier molecular flexibility index (Phi) is 3.34. The highest BCUT2D eigenvalue weighted by atomic mass is 19.3. The van der Waals surface area contributed by atoms with E-state index >= 15 is 0 Å². The Bertz CT molecular complexity index is 515. The van der Waals surface area contributed by atoms with E-state index in [9.17, 15) is 22.4 Å². The van der Waals surface area contributed by atoms with Gasteiger partial charge < -0.3 is 10.6 Å². The van der Waals surface area contributed by atoms with Gasteiger partial charge in [-0.05, 0) is 26.3 Å². The summed E-state index contributed by atoms with van der Waals surface area (Å²) in [6.45, 7) is 2.46. The number of halogens is 4. The average molecular weight is 292 g/mol. The van der Waals surface area contributed by atoms with Crippen LogP contribution in [0, 0.1) is 5.41 Å². The topological polar surface area (TPSA) is 46.3 Å². The highest BCUT2D eigenvalue weighted by Crippen LogP contribution is 2.43. The van der Waals surface area contributed by atoms with Gasteiger partial charge in [0, 0.05) is 13.0 Å². The number of rotatable bonds is 1. The molecule has 20 heavy (non-hydrogen) atoms. The number of alkyl halides is 2. The number of carbonyl (C=O) groups excluding carboxylic acids is 1. The summed E-state index contributed by atoms with van der Waals surface area (Å²) >= 11 is 0. The number of allylic oxidation sites excluding steroid dienone is 3. The first-order valence-corrected chi connectivity index (χ1v) is 6.32. The number of amides is 1. The maximum absolute atomic E-state index is 13.6. The predicted molar refractivity (Wildman–Crippen MR) is 65.0 cm³/mol. The van der Waals surface area contributed by atoms with Gasteiger partial charge in [-0.2, -0.15) is 0 Å². The Morgan fingerprint density at radius 1 is 1.45 bits per heavy atom. The lowest BCUT2D eigenvalue weighted by Gasteiger charge is -2.36. The van der Waals surface area contributed by atoms with Crippen molar-refractivity contribution in [1.29, 1.82) is 0 Å². The summed E-state index contributed by atoms with van der Waals surface area (Å²) < 4.78 is 53.7. The Labute approximate surface area is 114 Å². The molecular formula is C13H16F4N2O. The minimum Gasteiger partial charge on any atom is -0.399 e. The molecule has 0 aromatic carbocycles. The average Bonchev–Trinajstić information content (AvgIpc) is 2.66. The quantitative estimate of drug-likeness (QED) is 0.755. The third-order valence-electron chi connectivity index (χ3n) is 4.23. The van der Waals surface area contributed by atoms with E-state index in [-0.39, 0.29) is 13.0 Å². The molecule has 1 fully saturated rings. The van der Waals surface area contributed by atoms with Gasteiger partial charge in [-0.25, -0.2) is 17.6 Å². The zero-order chi connectivity index (χ0) is 15.3. The molecule has 2 rings (SSSR count). The molecule has 7 heteroatoms. The fourth-order valence-corrected chi connectivity index (χ4v) is 2.56. The van der Waals surface area contributed by atoms with Gasteiger partial charge in [0.25, 0.3) is 5.92 Å². The second kappa shape index (κ2) is 4.49. The zero-order valence-corrected chi connectivity index (χ0v) is 11.2. The summed E-state index contributed by atoms with van der Waals surface area (Å²) in [6, 6.07) is -1.28. The smallest absolute Gasteiger partial charge is 0.269 e. The van der Waals surface area contributed by atoms with Crippen molar-refractivity contribution < 1.29 is 22.4 Å². The fraction of sp³-hybridized carbons (Fsp3) is 0.615. The van der Waals surface area contributed by atoms with E-state index < -0.39 is 47.1 Å². The minimum absolute atomic E-state index is 0.121. The molecule has 2 atom stereocenters. The molecule has 112 valence electrons. The van der Waals surface area contributed by atoms with Crippen LogP contribution < -0.4 is 5.73 Å². The Morgan fingerprint density at radius 3 is 2.55 bits per heavy atom.